The maximum atomic E-state index is 12.1. The molecule has 1 N–H and O–H groups in total. The summed E-state index contributed by atoms with van der Waals surface area (Å²) >= 11 is 3.34. The van der Waals surface area contributed by atoms with Gasteiger partial charge >= 0.3 is 5.97 Å². The van der Waals surface area contributed by atoms with Crippen LogP contribution in [-0.2, 0) is 14.3 Å². The zero-order valence-corrected chi connectivity index (χ0v) is 14.4. The van der Waals surface area contributed by atoms with E-state index in [9.17, 15) is 9.59 Å². The highest BCUT2D eigenvalue weighted by atomic mass is 79.9. The molecule has 5 nitrogen and oxygen atoms in total. The van der Waals surface area contributed by atoms with Crippen molar-refractivity contribution >= 4 is 27.8 Å². The Morgan fingerprint density at radius 2 is 1.95 bits per heavy atom. The molecule has 0 saturated carbocycles. The molecule has 22 heavy (non-hydrogen) atoms. The lowest BCUT2D eigenvalue weighted by molar-refractivity contribution is -0.141. The number of methoxy groups -OCH3 is 1. The summed E-state index contributed by atoms with van der Waals surface area (Å²) in [5, 5.41) is 11.8. The van der Waals surface area contributed by atoms with Crippen molar-refractivity contribution in [2.24, 2.45) is 5.41 Å². The molecule has 0 spiro atoms. The van der Waals surface area contributed by atoms with Crippen LogP contribution in [0.1, 0.15) is 38.3 Å². The first-order chi connectivity index (χ1) is 10.3. The van der Waals surface area contributed by atoms with E-state index in [1.54, 1.807) is 13.8 Å². The SMILES string of the molecule is COC(=O)C[C@@H](NC(=O)CC(C)(C)C#N)c1ccc(Br)cc1. The molecule has 0 unspecified atom stereocenters. The van der Waals surface area contributed by atoms with Crippen LogP contribution in [0.4, 0.5) is 0 Å². The Balaban J connectivity index is 2.87. The smallest absolute Gasteiger partial charge is 0.307 e. The molecule has 0 aliphatic rings. The average molecular weight is 367 g/mol. The van der Waals surface area contributed by atoms with E-state index < -0.39 is 17.4 Å². The minimum absolute atomic E-state index is 0.0385. The van der Waals surface area contributed by atoms with E-state index in [0.29, 0.717) is 0 Å². The van der Waals surface area contributed by atoms with Crippen molar-refractivity contribution in [1.29, 1.82) is 5.26 Å². The lowest BCUT2D eigenvalue weighted by Crippen LogP contribution is -2.33. The highest BCUT2D eigenvalue weighted by molar-refractivity contribution is 9.10. The van der Waals surface area contributed by atoms with Crippen LogP contribution >= 0.6 is 15.9 Å². The number of esters is 1. The van der Waals surface area contributed by atoms with Gasteiger partial charge in [-0.3, -0.25) is 9.59 Å². The summed E-state index contributed by atoms with van der Waals surface area (Å²) < 4.78 is 5.59. The molecule has 0 aliphatic heterocycles. The number of nitrogens with one attached hydrogen (secondary N) is 1. The number of benzene rings is 1. The molecule has 0 fully saturated rings. The van der Waals surface area contributed by atoms with Crippen LogP contribution in [-0.4, -0.2) is 19.0 Å². The van der Waals surface area contributed by atoms with E-state index >= 15 is 0 Å². The first kappa shape index (κ1) is 18.2. The van der Waals surface area contributed by atoms with Gasteiger partial charge in [0.1, 0.15) is 0 Å². The topological polar surface area (TPSA) is 79.2 Å². The molecular weight excluding hydrogens is 348 g/mol. The highest BCUT2D eigenvalue weighted by Gasteiger charge is 2.25. The van der Waals surface area contributed by atoms with Gasteiger partial charge in [-0.15, -0.1) is 0 Å². The monoisotopic (exact) mass is 366 g/mol. The molecule has 0 heterocycles. The summed E-state index contributed by atoms with van der Waals surface area (Å²) in [6.07, 6.45) is 0.106. The predicted octanol–water partition coefficient (Wildman–Crippen LogP) is 3.11. The van der Waals surface area contributed by atoms with Crippen molar-refractivity contribution in [3.8, 4) is 6.07 Å². The lowest BCUT2D eigenvalue weighted by Gasteiger charge is -2.21. The van der Waals surface area contributed by atoms with Crippen molar-refractivity contribution in [3.63, 3.8) is 0 Å². The van der Waals surface area contributed by atoms with Crippen LogP contribution in [0, 0.1) is 16.7 Å². The minimum atomic E-state index is -0.750. The molecule has 0 radical (unpaired) electrons. The quantitative estimate of drug-likeness (QED) is 0.784. The first-order valence-electron chi connectivity index (χ1n) is 6.80. The Kier molecular flexibility index (Phi) is 6.57. The molecule has 1 aromatic carbocycles. The van der Waals surface area contributed by atoms with Crippen LogP contribution in [0.3, 0.4) is 0 Å². The second-order valence-electron chi connectivity index (χ2n) is 5.62. The van der Waals surface area contributed by atoms with Gasteiger partial charge in [0.25, 0.3) is 0 Å². The molecule has 1 atom stereocenters. The van der Waals surface area contributed by atoms with E-state index in [4.69, 9.17) is 5.26 Å². The van der Waals surface area contributed by atoms with Crippen molar-refractivity contribution in [2.75, 3.05) is 7.11 Å². The second-order valence-corrected chi connectivity index (χ2v) is 6.54. The first-order valence-corrected chi connectivity index (χ1v) is 7.59. The summed E-state index contributed by atoms with van der Waals surface area (Å²) in [5.74, 6) is -0.684. The standard InChI is InChI=1S/C16H19BrN2O3/c1-16(2,10-18)9-14(20)19-13(8-15(21)22-3)11-4-6-12(17)7-5-11/h4-7,13H,8-9H2,1-3H3,(H,19,20)/t13-/m1/s1. The van der Waals surface area contributed by atoms with Crippen LogP contribution < -0.4 is 5.32 Å². The van der Waals surface area contributed by atoms with Crippen LogP contribution in [0.5, 0.6) is 0 Å². The van der Waals surface area contributed by atoms with Gasteiger partial charge in [0.05, 0.1) is 31.1 Å². The van der Waals surface area contributed by atoms with Crippen LogP contribution in [0.25, 0.3) is 0 Å². The number of rotatable bonds is 6. The molecule has 0 saturated heterocycles. The van der Waals surface area contributed by atoms with Gasteiger partial charge in [0.15, 0.2) is 0 Å². The van der Waals surface area contributed by atoms with Gasteiger partial charge in [-0.1, -0.05) is 28.1 Å². The molecule has 1 amide bonds. The number of amides is 1. The summed E-state index contributed by atoms with van der Waals surface area (Å²) in [6.45, 7) is 3.39. The van der Waals surface area contributed by atoms with E-state index in [1.165, 1.54) is 7.11 Å². The van der Waals surface area contributed by atoms with Crippen molar-refractivity contribution in [1.82, 2.24) is 5.32 Å². The van der Waals surface area contributed by atoms with E-state index in [2.05, 4.69) is 32.1 Å². The molecule has 1 aromatic rings. The number of hydrogen-bond donors (Lipinski definition) is 1. The fraction of sp³-hybridized carbons (Fsp3) is 0.438. The summed E-state index contributed by atoms with van der Waals surface area (Å²) in [5.41, 5.74) is 0.0521. The zero-order valence-electron chi connectivity index (χ0n) is 12.9. The average Bonchev–Trinajstić information content (AvgIpc) is 2.46. The second kappa shape index (κ2) is 7.95. The zero-order chi connectivity index (χ0) is 16.8. The molecule has 1 rings (SSSR count). The Bertz CT molecular complexity index is 576. The Morgan fingerprint density at radius 1 is 1.36 bits per heavy atom. The van der Waals surface area contributed by atoms with Gasteiger partial charge in [-0.05, 0) is 31.5 Å². The highest BCUT2D eigenvalue weighted by Crippen LogP contribution is 2.23. The maximum Gasteiger partial charge on any atom is 0.307 e. The van der Waals surface area contributed by atoms with Gasteiger partial charge in [-0.25, -0.2) is 0 Å². The van der Waals surface area contributed by atoms with E-state index in [-0.39, 0.29) is 18.7 Å². The molecule has 0 bridgehead atoms. The van der Waals surface area contributed by atoms with Gasteiger partial charge in [-0.2, -0.15) is 5.26 Å². The Labute approximate surface area is 138 Å². The normalized spacial score (nSPS) is 12.1. The maximum absolute atomic E-state index is 12.1. The van der Waals surface area contributed by atoms with Crippen LogP contribution in [0.2, 0.25) is 0 Å². The molecule has 118 valence electrons. The number of halogens is 1. The van der Waals surface area contributed by atoms with Crippen LogP contribution in [0.15, 0.2) is 28.7 Å². The molecule has 0 aromatic heterocycles. The van der Waals surface area contributed by atoms with E-state index in [0.717, 1.165) is 10.0 Å². The van der Waals surface area contributed by atoms with Crippen molar-refractivity contribution < 1.29 is 14.3 Å². The lowest BCUT2D eigenvalue weighted by atomic mass is 9.90. The Hall–Kier alpha value is -1.87. The molecular formula is C16H19BrN2O3. The minimum Gasteiger partial charge on any atom is -0.469 e. The summed E-state index contributed by atoms with van der Waals surface area (Å²) in [6, 6.07) is 8.93. The van der Waals surface area contributed by atoms with E-state index in [1.807, 2.05) is 24.3 Å². The largest absolute Gasteiger partial charge is 0.469 e. The van der Waals surface area contributed by atoms with Gasteiger partial charge in [0, 0.05) is 10.9 Å². The predicted molar refractivity (Wildman–Crippen MR) is 85.7 cm³/mol. The third-order valence-electron chi connectivity index (χ3n) is 3.11. The number of nitriles is 1. The number of hydrogen-bond acceptors (Lipinski definition) is 4. The molecule has 0 aliphatic carbocycles. The third kappa shape index (κ3) is 5.86. The van der Waals surface area contributed by atoms with Crippen molar-refractivity contribution in [2.45, 2.75) is 32.7 Å². The fourth-order valence-corrected chi connectivity index (χ4v) is 2.15. The number of ether oxygens (including phenoxy) is 1. The summed E-state index contributed by atoms with van der Waals surface area (Å²) in [4.78, 5) is 23.7. The van der Waals surface area contributed by atoms with Gasteiger partial charge < -0.3 is 10.1 Å². The van der Waals surface area contributed by atoms with Crippen molar-refractivity contribution in [3.05, 3.63) is 34.3 Å². The fourth-order valence-electron chi connectivity index (χ4n) is 1.88. The number of carbonyl (C=O) groups is 2. The third-order valence-corrected chi connectivity index (χ3v) is 3.64. The number of carbonyl (C=O) groups excluding carboxylic acids is 2. The molecule has 6 heteroatoms. The number of nitrogens with zero attached hydrogens (tertiary/aromatic N) is 1. The Morgan fingerprint density at radius 3 is 2.45 bits per heavy atom. The summed E-state index contributed by atoms with van der Waals surface area (Å²) in [7, 11) is 1.31. The van der Waals surface area contributed by atoms with Gasteiger partial charge in [0.2, 0.25) is 5.91 Å².